The van der Waals surface area contributed by atoms with Crippen molar-refractivity contribution in [3.8, 4) is 0 Å². The number of nitrogen functional groups attached to an aromatic ring is 1. The van der Waals surface area contributed by atoms with Crippen LogP contribution in [0.2, 0.25) is 0 Å². The average Bonchev–Trinajstić information content (AvgIpc) is 3.02. The minimum Gasteiger partial charge on any atom is -0.398 e. The quantitative estimate of drug-likeness (QED) is 0.0569. The second kappa shape index (κ2) is 12.7. The molecule has 0 aliphatic heterocycles. The molecule has 48 heavy (non-hydrogen) atoms. The molecule has 0 heterocycles. The van der Waals surface area contributed by atoms with Crippen LogP contribution in [0.1, 0.15) is 22.3 Å². The standard InChI is InChI=1S/C32H29N3O10S3/c1-20-30(33)19-18-29(31(20)48(43,44)45)32(36,21-2-6-23(7-3-21)34-25-10-14-27(15-11-25)46(37,38)39)22-4-8-24(9-5-22)35-26-12-16-28(17-13-26)47(40,41)42/h2-19,34-36H,33H2,1H3,(H,37,38,39)(H,40,41,42)(H,43,44,45). The molecule has 0 radical (unpaired) electrons. The van der Waals surface area contributed by atoms with Crippen LogP contribution in [0.3, 0.4) is 0 Å². The highest BCUT2D eigenvalue weighted by molar-refractivity contribution is 7.86. The highest BCUT2D eigenvalue weighted by atomic mass is 32.2. The summed E-state index contributed by atoms with van der Waals surface area (Å²) in [7, 11) is -13.6. The summed E-state index contributed by atoms with van der Waals surface area (Å²) in [5.74, 6) is 0. The van der Waals surface area contributed by atoms with Crippen molar-refractivity contribution in [3.63, 3.8) is 0 Å². The lowest BCUT2D eigenvalue weighted by atomic mass is 9.79. The molecule has 0 amide bonds. The zero-order valence-corrected chi connectivity index (χ0v) is 27.4. The topological polar surface area (TPSA) is 233 Å². The van der Waals surface area contributed by atoms with Crippen LogP contribution >= 0.6 is 0 Å². The maximum absolute atomic E-state index is 12.7. The number of aliphatic hydroxyl groups is 1. The Morgan fingerprint density at radius 1 is 0.521 bits per heavy atom. The van der Waals surface area contributed by atoms with Gasteiger partial charge in [0.05, 0.1) is 9.79 Å². The summed E-state index contributed by atoms with van der Waals surface area (Å²) in [6.45, 7) is 1.41. The normalized spacial score (nSPS) is 12.4. The molecule has 0 bridgehead atoms. The van der Waals surface area contributed by atoms with Crippen LogP contribution in [0, 0.1) is 6.92 Å². The molecular formula is C32H29N3O10S3. The van der Waals surface area contributed by atoms with E-state index < -0.39 is 40.9 Å². The van der Waals surface area contributed by atoms with Crippen molar-refractivity contribution >= 4 is 58.8 Å². The van der Waals surface area contributed by atoms with Crippen molar-refractivity contribution in [2.75, 3.05) is 16.4 Å². The highest BCUT2D eigenvalue weighted by Gasteiger charge is 2.39. The molecule has 0 atom stereocenters. The summed E-state index contributed by atoms with van der Waals surface area (Å²) in [4.78, 5) is -1.12. The molecule has 16 heteroatoms. The van der Waals surface area contributed by atoms with Gasteiger partial charge < -0.3 is 21.5 Å². The molecule has 8 N–H and O–H groups in total. The van der Waals surface area contributed by atoms with Crippen molar-refractivity contribution in [2.45, 2.75) is 27.2 Å². The SMILES string of the molecule is Cc1c(N)ccc(C(O)(c2ccc(Nc3ccc(S(=O)(=O)O)cc3)cc2)c2ccc(Nc3ccc(S(=O)(=O)O)cc3)cc2)c1S(=O)(=O)O. The first-order chi connectivity index (χ1) is 22.4. The summed E-state index contributed by atoms with van der Waals surface area (Å²) in [6.07, 6.45) is 0. The van der Waals surface area contributed by atoms with Crippen LogP contribution in [0.5, 0.6) is 0 Å². The van der Waals surface area contributed by atoms with E-state index in [1.54, 1.807) is 24.3 Å². The molecule has 0 unspecified atom stereocenters. The fourth-order valence-electron chi connectivity index (χ4n) is 5.15. The van der Waals surface area contributed by atoms with E-state index in [1.165, 1.54) is 91.9 Å². The van der Waals surface area contributed by atoms with Crippen molar-refractivity contribution in [2.24, 2.45) is 0 Å². The van der Waals surface area contributed by atoms with Gasteiger partial charge in [-0.3, -0.25) is 13.7 Å². The Labute approximate surface area is 277 Å². The van der Waals surface area contributed by atoms with Crippen molar-refractivity contribution in [3.05, 3.63) is 131 Å². The van der Waals surface area contributed by atoms with Gasteiger partial charge in [-0.25, -0.2) is 0 Å². The third kappa shape index (κ3) is 7.19. The van der Waals surface area contributed by atoms with E-state index in [1.807, 2.05) is 0 Å². The molecule has 5 aromatic rings. The minimum absolute atomic E-state index is 0.0340. The predicted molar refractivity (Wildman–Crippen MR) is 179 cm³/mol. The molecule has 0 spiro atoms. The van der Waals surface area contributed by atoms with Crippen LogP contribution in [0.25, 0.3) is 0 Å². The average molecular weight is 712 g/mol. The zero-order valence-electron chi connectivity index (χ0n) is 24.9. The van der Waals surface area contributed by atoms with Gasteiger partial charge in [0.1, 0.15) is 10.5 Å². The number of benzene rings is 5. The molecule has 13 nitrogen and oxygen atoms in total. The number of rotatable bonds is 10. The third-order valence-corrected chi connectivity index (χ3v) is 10.4. The van der Waals surface area contributed by atoms with E-state index in [0.29, 0.717) is 22.7 Å². The minimum atomic E-state index is -4.90. The Morgan fingerprint density at radius 3 is 1.17 bits per heavy atom. The lowest BCUT2D eigenvalue weighted by molar-refractivity contribution is 0.122. The zero-order chi connectivity index (χ0) is 35.1. The van der Waals surface area contributed by atoms with E-state index in [4.69, 9.17) is 5.73 Å². The molecule has 0 saturated carbocycles. The number of hydrogen-bond acceptors (Lipinski definition) is 10. The van der Waals surface area contributed by atoms with Gasteiger partial charge in [-0.05, 0) is 102 Å². The molecule has 0 aliphatic carbocycles. The third-order valence-electron chi connectivity index (χ3n) is 7.58. The van der Waals surface area contributed by atoms with Gasteiger partial charge in [-0.15, -0.1) is 0 Å². The molecule has 0 fully saturated rings. The molecule has 250 valence electrons. The molecular weight excluding hydrogens is 683 g/mol. The Morgan fingerprint density at radius 2 is 0.854 bits per heavy atom. The van der Waals surface area contributed by atoms with Gasteiger partial charge in [0.25, 0.3) is 30.4 Å². The fraction of sp³-hybridized carbons (Fsp3) is 0.0625. The van der Waals surface area contributed by atoms with Gasteiger partial charge in [0, 0.05) is 34.0 Å². The van der Waals surface area contributed by atoms with Gasteiger partial charge in [0.15, 0.2) is 0 Å². The number of hydrogen-bond donors (Lipinski definition) is 7. The fourth-order valence-corrected chi connectivity index (χ4v) is 7.10. The summed E-state index contributed by atoms with van der Waals surface area (Å²) in [5.41, 5.74) is 6.22. The van der Waals surface area contributed by atoms with Crippen molar-refractivity contribution < 1.29 is 44.0 Å². The number of nitrogens with one attached hydrogen (secondary N) is 2. The van der Waals surface area contributed by atoms with E-state index in [9.17, 15) is 44.0 Å². The largest absolute Gasteiger partial charge is 0.398 e. The first kappa shape index (κ1) is 34.5. The Hall–Kier alpha value is -4.81. The molecule has 0 saturated heterocycles. The van der Waals surface area contributed by atoms with E-state index in [0.717, 1.165) is 0 Å². The van der Waals surface area contributed by atoms with Crippen LogP contribution in [0.4, 0.5) is 28.4 Å². The van der Waals surface area contributed by atoms with Crippen LogP contribution in [0.15, 0.2) is 124 Å². The summed E-state index contributed by atoms with van der Waals surface area (Å²) in [6, 6.07) is 25.9. The highest BCUT2D eigenvalue weighted by Crippen LogP contribution is 2.42. The first-order valence-electron chi connectivity index (χ1n) is 13.9. The van der Waals surface area contributed by atoms with Crippen LogP contribution < -0.4 is 16.4 Å². The lowest BCUT2D eigenvalue weighted by Crippen LogP contribution is -2.31. The summed E-state index contributed by atoms with van der Waals surface area (Å²) < 4.78 is 99.5. The van der Waals surface area contributed by atoms with E-state index in [-0.39, 0.29) is 37.7 Å². The van der Waals surface area contributed by atoms with Gasteiger partial charge >= 0.3 is 0 Å². The number of anilines is 5. The molecule has 0 aliphatic rings. The number of nitrogens with two attached hydrogens (primary N) is 1. The second-order valence-corrected chi connectivity index (χ2v) is 14.9. The molecule has 5 aromatic carbocycles. The lowest BCUT2D eigenvalue weighted by Gasteiger charge is -2.32. The maximum atomic E-state index is 12.7. The predicted octanol–water partition coefficient (Wildman–Crippen LogP) is 5.09. The van der Waals surface area contributed by atoms with E-state index >= 15 is 0 Å². The second-order valence-electron chi connectivity index (χ2n) is 10.7. The van der Waals surface area contributed by atoms with Gasteiger partial charge in [-0.2, -0.15) is 25.3 Å². The monoisotopic (exact) mass is 711 g/mol. The molecule has 5 rings (SSSR count). The first-order valence-corrected chi connectivity index (χ1v) is 18.2. The Bertz CT molecular complexity index is 2190. The Balaban J connectivity index is 1.55. The summed E-state index contributed by atoms with van der Waals surface area (Å²) in [5, 5.41) is 18.7. The summed E-state index contributed by atoms with van der Waals surface area (Å²) >= 11 is 0. The molecule has 0 aromatic heterocycles. The Kier molecular flexibility index (Phi) is 9.11. The van der Waals surface area contributed by atoms with E-state index in [2.05, 4.69) is 10.6 Å². The van der Waals surface area contributed by atoms with Crippen LogP contribution in [-0.4, -0.2) is 44.0 Å². The smallest absolute Gasteiger partial charge is 0.295 e. The van der Waals surface area contributed by atoms with Gasteiger partial charge in [0.2, 0.25) is 0 Å². The maximum Gasteiger partial charge on any atom is 0.295 e. The van der Waals surface area contributed by atoms with Crippen LogP contribution in [-0.2, 0) is 36.0 Å². The van der Waals surface area contributed by atoms with Crippen molar-refractivity contribution in [1.82, 2.24) is 0 Å². The van der Waals surface area contributed by atoms with Gasteiger partial charge in [-0.1, -0.05) is 30.3 Å². The van der Waals surface area contributed by atoms with Crippen molar-refractivity contribution in [1.29, 1.82) is 0 Å².